The zero-order valence-corrected chi connectivity index (χ0v) is 13.0. The predicted octanol–water partition coefficient (Wildman–Crippen LogP) is 1.31. The zero-order chi connectivity index (χ0) is 16.8. The number of hydrogen-bond acceptors (Lipinski definition) is 6. The van der Waals surface area contributed by atoms with Gasteiger partial charge >= 0.3 is 5.69 Å². The van der Waals surface area contributed by atoms with Gasteiger partial charge in [0.1, 0.15) is 11.5 Å². The summed E-state index contributed by atoms with van der Waals surface area (Å²) in [6.07, 6.45) is 1.59. The van der Waals surface area contributed by atoms with Crippen LogP contribution in [0.4, 0.5) is 5.82 Å². The number of rotatable bonds is 7. The second kappa shape index (κ2) is 7.67. The highest BCUT2D eigenvalue weighted by atomic mass is 16.5. The number of fused-ring (bicyclic) bond motifs is 1. The van der Waals surface area contributed by atoms with Gasteiger partial charge < -0.3 is 15.2 Å². The first-order valence-electron chi connectivity index (χ1n) is 7.60. The maximum atomic E-state index is 11.6. The van der Waals surface area contributed by atoms with Crippen LogP contribution < -0.4 is 11.0 Å². The van der Waals surface area contributed by atoms with E-state index >= 15 is 0 Å². The normalized spacial score (nSPS) is 12.2. The molecule has 2 heterocycles. The highest BCUT2D eigenvalue weighted by Crippen LogP contribution is 2.16. The number of nitrogens with one attached hydrogen (secondary N) is 2. The fourth-order valence-corrected chi connectivity index (χ4v) is 2.32. The van der Waals surface area contributed by atoms with Crippen LogP contribution in [0.2, 0.25) is 0 Å². The number of anilines is 1. The molecule has 3 rings (SSSR count). The number of aromatic nitrogens is 3. The van der Waals surface area contributed by atoms with Gasteiger partial charge in [0.05, 0.1) is 31.2 Å². The van der Waals surface area contributed by atoms with Crippen LogP contribution in [0.3, 0.4) is 0 Å². The molecule has 3 N–H and O–H groups in total. The Hall–Kier alpha value is -2.77. The standard InChI is InChI=1S/C17H18N4O3/c22-9-13(11-24-10-12-5-2-1-3-6-12)19-16-14-7-4-8-18-15(14)20-17(23)21-16/h1-8,13,22H,9-11H2,(H2,18,19,20,21,23). The molecule has 0 bridgehead atoms. The maximum absolute atomic E-state index is 11.6. The molecule has 0 aliphatic carbocycles. The first-order chi connectivity index (χ1) is 11.8. The van der Waals surface area contributed by atoms with Crippen molar-refractivity contribution in [3.05, 3.63) is 64.7 Å². The Morgan fingerprint density at radius 2 is 2.04 bits per heavy atom. The van der Waals surface area contributed by atoms with Crippen LogP contribution in [0.15, 0.2) is 53.5 Å². The monoisotopic (exact) mass is 326 g/mol. The summed E-state index contributed by atoms with van der Waals surface area (Å²) >= 11 is 0. The van der Waals surface area contributed by atoms with Crippen molar-refractivity contribution < 1.29 is 9.84 Å². The quantitative estimate of drug-likeness (QED) is 0.605. The first-order valence-corrected chi connectivity index (χ1v) is 7.60. The molecule has 0 radical (unpaired) electrons. The van der Waals surface area contributed by atoms with Gasteiger partial charge in [-0.15, -0.1) is 0 Å². The Kier molecular flexibility index (Phi) is 5.15. The lowest BCUT2D eigenvalue weighted by Crippen LogP contribution is -2.31. The fourth-order valence-electron chi connectivity index (χ4n) is 2.32. The van der Waals surface area contributed by atoms with E-state index in [0.29, 0.717) is 23.5 Å². The molecule has 2 aromatic heterocycles. The first kappa shape index (κ1) is 16.1. The van der Waals surface area contributed by atoms with Crippen molar-refractivity contribution >= 4 is 16.9 Å². The summed E-state index contributed by atoms with van der Waals surface area (Å²) in [5, 5.41) is 13.3. The molecule has 1 aromatic carbocycles. The zero-order valence-electron chi connectivity index (χ0n) is 13.0. The number of hydrogen-bond donors (Lipinski definition) is 3. The molecule has 0 aliphatic heterocycles. The van der Waals surface area contributed by atoms with Gasteiger partial charge in [0.25, 0.3) is 0 Å². The Balaban J connectivity index is 1.68. The summed E-state index contributed by atoms with van der Waals surface area (Å²) in [5.41, 5.74) is 1.01. The van der Waals surface area contributed by atoms with Crippen molar-refractivity contribution in [3.63, 3.8) is 0 Å². The van der Waals surface area contributed by atoms with Crippen molar-refractivity contribution in [3.8, 4) is 0 Å². The van der Waals surface area contributed by atoms with E-state index in [1.165, 1.54) is 0 Å². The predicted molar refractivity (Wildman–Crippen MR) is 90.8 cm³/mol. The minimum atomic E-state index is -0.495. The highest BCUT2D eigenvalue weighted by Gasteiger charge is 2.12. The molecule has 7 heteroatoms. The molecule has 0 amide bonds. The fraction of sp³-hybridized carbons (Fsp3) is 0.235. The number of ether oxygens (including phenoxy) is 1. The Morgan fingerprint density at radius 1 is 1.21 bits per heavy atom. The lowest BCUT2D eigenvalue weighted by molar-refractivity contribution is 0.0951. The van der Waals surface area contributed by atoms with Gasteiger partial charge in [-0.25, -0.2) is 9.78 Å². The van der Waals surface area contributed by atoms with Gasteiger partial charge in [-0.1, -0.05) is 30.3 Å². The van der Waals surface area contributed by atoms with Gasteiger partial charge in [-0.2, -0.15) is 4.98 Å². The molecule has 0 saturated carbocycles. The Bertz CT molecular complexity index is 851. The number of H-pyrrole nitrogens is 1. The molecule has 0 aliphatic rings. The second-order valence-corrected chi connectivity index (χ2v) is 5.31. The van der Waals surface area contributed by atoms with E-state index in [1.54, 1.807) is 18.3 Å². The molecular formula is C17H18N4O3. The SMILES string of the molecule is O=c1nc(NC(CO)COCc2ccccc2)c2cccnc2[nH]1. The lowest BCUT2D eigenvalue weighted by Gasteiger charge is -2.17. The average molecular weight is 326 g/mol. The van der Waals surface area contributed by atoms with Crippen molar-refractivity contribution in [1.29, 1.82) is 0 Å². The van der Waals surface area contributed by atoms with Gasteiger partial charge in [-0.3, -0.25) is 4.98 Å². The van der Waals surface area contributed by atoms with Crippen molar-refractivity contribution in [2.45, 2.75) is 12.6 Å². The average Bonchev–Trinajstić information content (AvgIpc) is 2.61. The van der Waals surface area contributed by atoms with Gasteiger partial charge in [-0.05, 0) is 17.7 Å². The summed E-state index contributed by atoms with van der Waals surface area (Å²) in [6.45, 7) is 0.580. The van der Waals surface area contributed by atoms with E-state index in [2.05, 4.69) is 20.3 Å². The van der Waals surface area contributed by atoms with Crippen LogP contribution in [0.5, 0.6) is 0 Å². The van der Waals surface area contributed by atoms with Crippen LogP contribution in [0.1, 0.15) is 5.56 Å². The van der Waals surface area contributed by atoms with Crippen LogP contribution in [0.25, 0.3) is 11.0 Å². The molecule has 3 aromatic rings. The van der Waals surface area contributed by atoms with Crippen LogP contribution in [-0.2, 0) is 11.3 Å². The molecule has 0 saturated heterocycles. The second-order valence-electron chi connectivity index (χ2n) is 5.31. The summed E-state index contributed by atoms with van der Waals surface area (Å²) in [5.74, 6) is 0.379. The molecule has 0 spiro atoms. The molecule has 24 heavy (non-hydrogen) atoms. The molecule has 1 unspecified atom stereocenters. The van der Waals surface area contributed by atoms with E-state index in [4.69, 9.17) is 4.74 Å². The summed E-state index contributed by atoms with van der Waals surface area (Å²) in [4.78, 5) is 22.2. The van der Waals surface area contributed by atoms with Crippen molar-refractivity contribution in [1.82, 2.24) is 15.0 Å². The largest absolute Gasteiger partial charge is 0.394 e. The number of nitrogens with zero attached hydrogens (tertiary/aromatic N) is 2. The molecule has 7 nitrogen and oxygen atoms in total. The minimum Gasteiger partial charge on any atom is -0.394 e. The molecule has 124 valence electrons. The smallest absolute Gasteiger partial charge is 0.348 e. The summed E-state index contributed by atoms with van der Waals surface area (Å²) in [6, 6.07) is 12.9. The Labute approximate surface area is 138 Å². The van der Waals surface area contributed by atoms with E-state index in [0.717, 1.165) is 5.56 Å². The molecule has 0 fully saturated rings. The number of aliphatic hydroxyl groups excluding tert-OH is 1. The van der Waals surface area contributed by atoms with Crippen LogP contribution in [-0.4, -0.2) is 39.3 Å². The number of aliphatic hydroxyl groups is 1. The van der Waals surface area contributed by atoms with E-state index in [1.807, 2.05) is 30.3 Å². The topological polar surface area (TPSA) is 100 Å². The third-order valence-corrected chi connectivity index (χ3v) is 3.49. The Morgan fingerprint density at radius 3 is 2.83 bits per heavy atom. The van der Waals surface area contributed by atoms with Crippen molar-refractivity contribution in [2.24, 2.45) is 0 Å². The highest BCUT2D eigenvalue weighted by molar-refractivity contribution is 5.85. The third kappa shape index (κ3) is 3.95. The van der Waals surface area contributed by atoms with Gasteiger partial charge in [0.15, 0.2) is 0 Å². The minimum absolute atomic E-state index is 0.148. The number of pyridine rings is 1. The molecular weight excluding hydrogens is 308 g/mol. The number of benzene rings is 1. The van der Waals surface area contributed by atoms with E-state index in [-0.39, 0.29) is 19.3 Å². The van der Waals surface area contributed by atoms with E-state index < -0.39 is 5.69 Å². The van der Waals surface area contributed by atoms with Crippen LogP contribution in [0, 0.1) is 0 Å². The number of aromatic amines is 1. The summed E-state index contributed by atoms with van der Waals surface area (Å²) < 4.78 is 5.64. The van der Waals surface area contributed by atoms with Crippen molar-refractivity contribution in [2.75, 3.05) is 18.5 Å². The molecule has 1 atom stereocenters. The lowest BCUT2D eigenvalue weighted by atomic mass is 10.2. The van der Waals surface area contributed by atoms with Gasteiger partial charge in [0.2, 0.25) is 0 Å². The maximum Gasteiger partial charge on any atom is 0.348 e. The van der Waals surface area contributed by atoms with Crippen LogP contribution >= 0.6 is 0 Å². The summed E-state index contributed by atoms with van der Waals surface area (Å²) in [7, 11) is 0. The van der Waals surface area contributed by atoms with Gasteiger partial charge in [0, 0.05) is 6.20 Å². The van der Waals surface area contributed by atoms with E-state index in [9.17, 15) is 9.90 Å². The third-order valence-electron chi connectivity index (χ3n) is 3.49.